The number of rotatable bonds is 7. The zero-order chi connectivity index (χ0) is 18.4. The minimum atomic E-state index is 0.579. The molecule has 6 heteroatoms. The van der Waals surface area contributed by atoms with Gasteiger partial charge in [0.05, 0.1) is 25.6 Å². The van der Waals surface area contributed by atoms with Gasteiger partial charge in [-0.25, -0.2) is 4.98 Å². The highest BCUT2D eigenvalue weighted by Crippen LogP contribution is 2.31. The minimum absolute atomic E-state index is 0.579. The second-order valence-corrected chi connectivity index (χ2v) is 6.67. The van der Waals surface area contributed by atoms with Crippen LogP contribution >= 0.6 is 11.3 Å². The Morgan fingerprint density at radius 1 is 1.15 bits per heavy atom. The second-order valence-electron chi connectivity index (χ2n) is 5.47. The molecule has 3 aromatic rings. The Balaban J connectivity index is 1.77. The lowest BCUT2D eigenvalue weighted by Gasteiger charge is -2.10. The third-order valence-electron chi connectivity index (χ3n) is 3.72. The number of para-hydroxylation sites is 1. The number of nitrogens with zero attached hydrogens (tertiary/aromatic N) is 2. The lowest BCUT2D eigenvalue weighted by molar-refractivity contribution is 0.311. The number of aryl methyl sites for hydroxylation is 1. The molecular formula is C20H21N3O2S. The van der Waals surface area contributed by atoms with Gasteiger partial charge in [0, 0.05) is 16.0 Å². The van der Waals surface area contributed by atoms with Crippen molar-refractivity contribution in [1.29, 1.82) is 0 Å². The van der Waals surface area contributed by atoms with Crippen molar-refractivity contribution < 1.29 is 9.47 Å². The average molecular weight is 367 g/mol. The van der Waals surface area contributed by atoms with Crippen LogP contribution in [0.25, 0.3) is 11.3 Å². The number of methoxy groups -OCH3 is 1. The number of hydrazone groups is 1. The van der Waals surface area contributed by atoms with Crippen LogP contribution in [0.1, 0.15) is 17.4 Å². The summed E-state index contributed by atoms with van der Waals surface area (Å²) in [6, 6.07) is 15.8. The largest absolute Gasteiger partial charge is 0.492 e. The molecule has 1 N–H and O–H groups in total. The predicted octanol–water partition coefficient (Wildman–Crippen LogP) is 4.97. The highest BCUT2D eigenvalue weighted by atomic mass is 32.1. The normalized spacial score (nSPS) is 10.9. The number of aromatic nitrogens is 1. The minimum Gasteiger partial charge on any atom is -0.492 e. The Labute approximate surface area is 157 Å². The average Bonchev–Trinajstić information content (AvgIpc) is 3.03. The first-order chi connectivity index (χ1) is 12.7. The molecule has 2 aromatic carbocycles. The molecule has 0 radical (unpaired) electrons. The van der Waals surface area contributed by atoms with Crippen LogP contribution in [0.5, 0.6) is 11.5 Å². The van der Waals surface area contributed by atoms with Gasteiger partial charge < -0.3 is 9.47 Å². The number of nitrogens with one attached hydrogen (secondary N) is 1. The van der Waals surface area contributed by atoms with Crippen LogP contribution in [-0.2, 0) is 0 Å². The van der Waals surface area contributed by atoms with Gasteiger partial charge in [0.25, 0.3) is 0 Å². The van der Waals surface area contributed by atoms with E-state index in [0.29, 0.717) is 18.1 Å². The zero-order valence-corrected chi connectivity index (χ0v) is 15.8. The Bertz CT molecular complexity index is 891. The van der Waals surface area contributed by atoms with Gasteiger partial charge in [0.15, 0.2) is 11.5 Å². The van der Waals surface area contributed by atoms with Gasteiger partial charge in [0.2, 0.25) is 5.13 Å². The fourth-order valence-electron chi connectivity index (χ4n) is 2.59. The van der Waals surface area contributed by atoms with Crippen LogP contribution in [0.4, 0.5) is 5.13 Å². The molecule has 0 bridgehead atoms. The molecule has 0 unspecified atom stereocenters. The maximum Gasteiger partial charge on any atom is 0.204 e. The van der Waals surface area contributed by atoms with E-state index in [0.717, 1.165) is 26.8 Å². The fourth-order valence-corrected chi connectivity index (χ4v) is 3.37. The van der Waals surface area contributed by atoms with Crippen molar-refractivity contribution in [3.05, 3.63) is 59.0 Å². The van der Waals surface area contributed by atoms with E-state index in [1.807, 2.05) is 43.3 Å². The Morgan fingerprint density at radius 3 is 2.69 bits per heavy atom. The highest BCUT2D eigenvalue weighted by molar-refractivity contribution is 7.15. The molecular weight excluding hydrogens is 346 g/mol. The number of benzene rings is 2. The van der Waals surface area contributed by atoms with E-state index in [1.54, 1.807) is 24.7 Å². The molecule has 134 valence electrons. The quantitative estimate of drug-likeness (QED) is 0.473. The van der Waals surface area contributed by atoms with Crippen molar-refractivity contribution in [3.63, 3.8) is 0 Å². The van der Waals surface area contributed by atoms with Gasteiger partial charge in [-0.15, -0.1) is 11.3 Å². The Hall–Kier alpha value is -2.86. The van der Waals surface area contributed by atoms with Crippen molar-refractivity contribution in [3.8, 4) is 22.8 Å². The van der Waals surface area contributed by atoms with E-state index in [1.165, 1.54) is 0 Å². The SMILES string of the molecule is CCOc1cccc(/C=N\Nc2nc(-c3ccccc3)c(C)s2)c1OC. The molecule has 0 amide bonds. The smallest absolute Gasteiger partial charge is 0.204 e. The van der Waals surface area contributed by atoms with E-state index in [-0.39, 0.29) is 0 Å². The van der Waals surface area contributed by atoms with Crippen LogP contribution in [-0.4, -0.2) is 24.9 Å². The second kappa shape index (κ2) is 8.49. The van der Waals surface area contributed by atoms with Crippen LogP contribution in [0, 0.1) is 6.92 Å². The van der Waals surface area contributed by atoms with Crippen LogP contribution in [0.2, 0.25) is 0 Å². The molecule has 0 aliphatic rings. The number of anilines is 1. The maximum absolute atomic E-state index is 5.58. The monoisotopic (exact) mass is 367 g/mol. The first kappa shape index (κ1) is 17.9. The molecule has 0 aliphatic heterocycles. The lowest BCUT2D eigenvalue weighted by atomic mass is 10.1. The number of ether oxygens (including phenoxy) is 2. The number of hydrogen-bond acceptors (Lipinski definition) is 6. The molecule has 1 aromatic heterocycles. The van der Waals surface area contributed by atoms with E-state index in [9.17, 15) is 0 Å². The summed E-state index contributed by atoms with van der Waals surface area (Å²) in [5.41, 5.74) is 5.92. The molecule has 1 heterocycles. The number of thiazole rings is 1. The standard InChI is InChI=1S/C20H21N3O2S/c1-4-25-17-12-8-11-16(19(17)24-3)13-21-23-20-22-18(14(2)26-20)15-9-6-5-7-10-15/h5-13H,4H2,1-3H3,(H,22,23)/b21-13-. The Morgan fingerprint density at radius 2 is 1.96 bits per heavy atom. The van der Waals surface area contributed by atoms with Crippen LogP contribution in [0.15, 0.2) is 53.6 Å². The molecule has 0 fully saturated rings. The lowest BCUT2D eigenvalue weighted by Crippen LogP contribution is -1.99. The summed E-state index contributed by atoms with van der Waals surface area (Å²) >= 11 is 1.57. The summed E-state index contributed by atoms with van der Waals surface area (Å²) in [5, 5.41) is 5.05. The van der Waals surface area contributed by atoms with Crippen molar-refractivity contribution in [2.45, 2.75) is 13.8 Å². The molecule has 5 nitrogen and oxygen atoms in total. The van der Waals surface area contributed by atoms with E-state index < -0.39 is 0 Å². The van der Waals surface area contributed by atoms with Gasteiger partial charge in [0.1, 0.15) is 0 Å². The molecule has 0 atom stereocenters. The van der Waals surface area contributed by atoms with Gasteiger partial charge >= 0.3 is 0 Å². The van der Waals surface area contributed by atoms with Crippen LogP contribution < -0.4 is 14.9 Å². The highest BCUT2D eigenvalue weighted by Gasteiger charge is 2.10. The number of hydrogen-bond donors (Lipinski definition) is 1. The molecule has 0 saturated carbocycles. The molecule has 26 heavy (non-hydrogen) atoms. The topological polar surface area (TPSA) is 55.7 Å². The summed E-state index contributed by atoms with van der Waals surface area (Å²) < 4.78 is 11.0. The summed E-state index contributed by atoms with van der Waals surface area (Å²) in [4.78, 5) is 5.78. The third kappa shape index (κ3) is 4.03. The van der Waals surface area contributed by atoms with Crippen LogP contribution in [0.3, 0.4) is 0 Å². The summed E-state index contributed by atoms with van der Waals surface area (Å²) in [5.74, 6) is 1.37. The summed E-state index contributed by atoms with van der Waals surface area (Å²) in [7, 11) is 1.62. The zero-order valence-electron chi connectivity index (χ0n) is 15.0. The molecule has 0 saturated heterocycles. The van der Waals surface area contributed by atoms with E-state index in [2.05, 4.69) is 34.6 Å². The molecule has 3 rings (SSSR count). The van der Waals surface area contributed by atoms with E-state index in [4.69, 9.17) is 9.47 Å². The van der Waals surface area contributed by atoms with E-state index >= 15 is 0 Å². The first-order valence-electron chi connectivity index (χ1n) is 8.34. The Kier molecular flexibility index (Phi) is 5.86. The maximum atomic E-state index is 5.58. The first-order valence-corrected chi connectivity index (χ1v) is 9.16. The molecule has 0 aliphatic carbocycles. The summed E-state index contributed by atoms with van der Waals surface area (Å²) in [6.45, 7) is 4.58. The van der Waals surface area contributed by atoms with Crippen molar-refractivity contribution in [1.82, 2.24) is 4.98 Å². The fraction of sp³-hybridized carbons (Fsp3) is 0.200. The predicted molar refractivity (Wildman–Crippen MR) is 108 cm³/mol. The van der Waals surface area contributed by atoms with Gasteiger partial charge in [-0.1, -0.05) is 36.4 Å². The van der Waals surface area contributed by atoms with Gasteiger partial charge in [-0.3, -0.25) is 5.43 Å². The molecule has 0 spiro atoms. The van der Waals surface area contributed by atoms with Gasteiger partial charge in [-0.05, 0) is 26.0 Å². The van der Waals surface area contributed by atoms with Crippen molar-refractivity contribution in [2.75, 3.05) is 19.1 Å². The van der Waals surface area contributed by atoms with Crippen molar-refractivity contribution >= 4 is 22.7 Å². The summed E-state index contributed by atoms with van der Waals surface area (Å²) in [6.07, 6.45) is 1.71. The van der Waals surface area contributed by atoms with Crippen molar-refractivity contribution in [2.24, 2.45) is 5.10 Å². The van der Waals surface area contributed by atoms with Gasteiger partial charge in [-0.2, -0.15) is 5.10 Å². The third-order valence-corrected chi connectivity index (χ3v) is 4.60.